The maximum Gasteiger partial charge on any atom is 0.335 e. The number of hydrogen-bond donors (Lipinski definition) is 2. The number of nitrogens with zero attached hydrogens (tertiary/aromatic N) is 2. The number of benzene rings is 5. The molecule has 0 aliphatic heterocycles. The van der Waals surface area contributed by atoms with Crippen molar-refractivity contribution in [1.82, 2.24) is 15.1 Å². The monoisotopic (exact) mass is 563 g/mol. The highest BCUT2D eigenvalue weighted by atomic mass is 16.4. The fraction of sp³-hybridized carbons (Fsp3) is 0.108. The maximum absolute atomic E-state index is 14.1. The summed E-state index contributed by atoms with van der Waals surface area (Å²) < 4.78 is 1.90. The number of carboxylic acid groups (broad SMARTS) is 1. The molecule has 2 N–H and O–H groups in total. The molecule has 1 aliphatic rings. The van der Waals surface area contributed by atoms with Gasteiger partial charge >= 0.3 is 5.97 Å². The number of carbonyl (C=O) groups excluding carboxylic acids is 1. The molecule has 1 aliphatic carbocycles. The number of carbonyl (C=O) groups is 2. The summed E-state index contributed by atoms with van der Waals surface area (Å²) in [7, 11) is 0. The molecule has 0 radical (unpaired) electrons. The van der Waals surface area contributed by atoms with Crippen molar-refractivity contribution in [3.05, 3.63) is 150 Å². The van der Waals surface area contributed by atoms with E-state index < -0.39 is 11.5 Å². The van der Waals surface area contributed by atoms with Crippen LogP contribution in [0.2, 0.25) is 0 Å². The van der Waals surface area contributed by atoms with Gasteiger partial charge in [-0.2, -0.15) is 5.10 Å². The van der Waals surface area contributed by atoms with Gasteiger partial charge in [0.15, 0.2) is 0 Å². The molecule has 0 unspecified atom stereocenters. The van der Waals surface area contributed by atoms with Gasteiger partial charge in [-0.25, -0.2) is 4.79 Å². The molecular weight excluding hydrogens is 534 g/mol. The Kier molecular flexibility index (Phi) is 6.59. The van der Waals surface area contributed by atoms with E-state index in [1.807, 2.05) is 65.5 Å². The Labute approximate surface area is 249 Å². The molecule has 0 spiro atoms. The Hall–Kier alpha value is -5.49. The first-order valence-electron chi connectivity index (χ1n) is 14.3. The van der Waals surface area contributed by atoms with Gasteiger partial charge < -0.3 is 10.4 Å². The number of aromatic carboxylic acids is 1. The molecule has 1 heterocycles. The molecule has 6 aromatic rings. The second kappa shape index (κ2) is 10.7. The summed E-state index contributed by atoms with van der Waals surface area (Å²) in [6.07, 6.45) is 3.41. The van der Waals surface area contributed by atoms with Gasteiger partial charge in [0.1, 0.15) is 0 Å². The largest absolute Gasteiger partial charge is 0.478 e. The summed E-state index contributed by atoms with van der Waals surface area (Å²) >= 11 is 0. The van der Waals surface area contributed by atoms with Crippen molar-refractivity contribution in [2.75, 3.05) is 0 Å². The van der Waals surface area contributed by atoms with Crippen LogP contribution < -0.4 is 5.32 Å². The first kappa shape index (κ1) is 26.4. The van der Waals surface area contributed by atoms with E-state index in [1.54, 1.807) is 24.3 Å². The van der Waals surface area contributed by atoms with Crippen LogP contribution >= 0.6 is 0 Å². The van der Waals surface area contributed by atoms with Crippen molar-refractivity contribution < 1.29 is 14.7 Å². The molecule has 1 saturated carbocycles. The number of fused-ring (bicyclic) bond motifs is 1. The number of nitrogens with one attached hydrogen (secondary N) is 1. The fourth-order valence-corrected chi connectivity index (χ4v) is 5.76. The van der Waals surface area contributed by atoms with E-state index in [4.69, 9.17) is 5.10 Å². The van der Waals surface area contributed by atoms with Crippen LogP contribution in [0.3, 0.4) is 0 Å². The quantitative estimate of drug-likeness (QED) is 0.200. The van der Waals surface area contributed by atoms with Gasteiger partial charge in [0.05, 0.1) is 34.9 Å². The van der Waals surface area contributed by atoms with E-state index in [9.17, 15) is 14.7 Å². The van der Waals surface area contributed by atoms with Gasteiger partial charge in [0, 0.05) is 5.39 Å². The number of hydrogen-bond acceptors (Lipinski definition) is 3. The lowest BCUT2D eigenvalue weighted by Crippen LogP contribution is -2.35. The highest BCUT2D eigenvalue weighted by molar-refractivity contribution is 6.08. The van der Waals surface area contributed by atoms with Crippen LogP contribution in [-0.2, 0) is 12.1 Å². The van der Waals surface area contributed by atoms with Crippen LogP contribution in [0, 0.1) is 0 Å². The van der Waals surface area contributed by atoms with E-state index in [2.05, 4.69) is 47.8 Å². The molecule has 7 rings (SSSR count). The summed E-state index contributed by atoms with van der Waals surface area (Å²) in [5, 5.41) is 18.2. The predicted molar refractivity (Wildman–Crippen MR) is 168 cm³/mol. The van der Waals surface area contributed by atoms with E-state index in [0.717, 1.165) is 57.1 Å². The Morgan fingerprint density at radius 3 is 1.95 bits per heavy atom. The second-order valence-corrected chi connectivity index (χ2v) is 11.1. The average Bonchev–Trinajstić information content (AvgIpc) is 3.73. The first-order valence-corrected chi connectivity index (χ1v) is 14.3. The highest BCUT2D eigenvalue weighted by Crippen LogP contribution is 2.46. The van der Waals surface area contributed by atoms with Gasteiger partial charge in [0.25, 0.3) is 5.91 Å². The SMILES string of the molecule is O=C(O)c1ccc(C2(NC(=O)c3cc(-c4ccccc4)cc4cnn(Cc5ccc(-c6ccccc6)cc5)c34)CC2)cc1. The molecule has 1 aromatic heterocycles. The summed E-state index contributed by atoms with van der Waals surface area (Å²) in [5.41, 5.74) is 7.32. The van der Waals surface area contributed by atoms with Crippen molar-refractivity contribution in [1.29, 1.82) is 0 Å². The van der Waals surface area contributed by atoms with Crippen LogP contribution in [0.25, 0.3) is 33.2 Å². The summed E-state index contributed by atoms with van der Waals surface area (Å²) in [5.74, 6) is -1.15. The fourth-order valence-electron chi connectivity index (χ4n) is 5.76. The third kappa shape index (κ3) is 5.19. The molecule has 0 saturated heterocycles. The van der Waals surface area contributed by atoms with E-state index in [0.29, 0.717) is 12.1 Å². The predicted octanol–water partition coefficient (Wildman–Crippen LogP) is 7.54. The minimum atomic E-state index is -0.969. The average molecular weight is 564 g/mol. The van der Waals surface area contributed by atoms with Gasteiger partial charge in [-0.3, -0.25) is 9.48 Å². The van der Waals surface area contributed by atoms with Gasteiger partial charge in [-0.1, -0.05) is 97.1 Å². The third-order valence-electron chi connectivity index (χ3n) is 8.27. The standard InChI is InChI=1S/C37H29N3O3/c41-35(39-37(19-20-37)32-17-15-29(16-18-32)36(42)43)33-22-30(27-9-5-2-6-10-27)21-31-23-38-40(34(31)33)24-25-11-13-28(14-12-25)26-7-3-1-4-8-26/h1-18,21-23H,19-20,24H2,(H,39,41)(H,42,43). The molecule has 0 bridgehead atoms. The Morgan fingerprint density at radius 1 is 0.744 bits per heavy atom. The van der Waals surface area contributed by atoms with E-state index >= 15 is 0 Å². The topological polar surface area (TPSA) is 84.2 Å². The Balaban J connectivity index is 1.24. The smallest absolute Gasteiger partial charge is 0.335 e. The number of amides is 1. The van der Waals surface area contributed by atoms with Crippen molar-refractivity contribution in [2.45, 2.75) is 24.9 Å². The highest BCUT2D eigenvalue weighted by Gasteiger charge is 2.46. The number of aromatic nitrogens is 2. The Bertz CT molecular complexity index is 1940. The molecule has 210 valence electrons. The zero-order chi connectivity index (χ0) is 29.4. The lowest BCUT2D eigenvalue weighted by Gasteiger charge is -2.19. The van der Waals surface area contributed by atoms with Crippen LogP contribution in [0.4, 0.5) is 0 Å². The molecule has 0 atom stereocenters. The van der Waals surface area contributed by atoms with E-state index in [-0.39, 0.29) is 11.5 Å². The number of rotatable bonds is 8. The molecule has 6 nitrogen and oxygen atoms in total. The van der Waals surface area contributed by atoms with Crippen molar-refractivity contribution in [2.24, 2.45) is 0 Å². The third-order valence-corrected chi connectivity index (χ3v) is 8.27. The van der Waals surface area contributed by atoms with Crippen molar-refractivity contribution in [3.63, 3.8) is 0 Å². The summed E-state index contributed by atoms with van der Waals surface area (Å²) in [4.78, 5) is 25.5. The normalized spacial score (nSPS) is 13.5. The van der Waals surface area contributed by atoms with Crippen LogP contribution in [0.1, 0.15) is 44.7 Å². The Morgan fingerprint density at radius 2 is 1.35 bits per heavy atom. The van der Waals surface area contributed by atoms with Crippen molar-refractivity contribution >= 4 is 22.8 Å². The maximum atomic E-state index is 14.1. The van der Waals surface area contributed by atoms with Gasteiger partial charge in [-0.15, -0.1) is 0 Å². The minimum Gasteiger partial charge on any atom is -0.478 e. The van der Waals surface area contributed by atoms with Crippen molar-refractivity contribution in [3.8, 4) is 22.3 Å². The molecule has 43 heavy (non-hydrogen) atoms. The molecule has 1 fully saturated rings. The lowest BCUT2D eigenvalue weighted by atomic mass is 9.98. The van der Waals surface area contributed by atoms with Crippen LogP contribution in [0.5, 0.6) is 0 Å². The summed E-state index contributed by atoms with van der Waals surface area (Å²) in [6.45, 7) is 0.519. The number of carboxylic acids is 1. The first-order chi connectivity index (χ1) is 21.0. The molecular formula is C37H29N3O3. The van der Waals surface area contributed by atoms with Gasteiger partial charge in [0.2, 0.25) is 0 Å². The van der Waals surface area contributed by atoms with E-state index in [1.165, 1.54) is 0 Å². The van der Waals surface area contributed by atoms with Gasteiger partial charge in [-0.05, 0) is 70.5 Å². The zero-order valence-corrected chi connectivity index (χ0v) is 23.4. The zero-order valence-electron chi connectivity index (χ0n) is 23.4. The minimum absolute atomic E-state index is 0.177. The second-order valence-electron chi connectivity index (χ2n) is 11.1. The van der Waals surface area contributed by atoms with Crippen LogP contribution in [0.15, 0.2) is 128 Å². The lowest BCUT2D eigenvalue weighted by molar-refractivity contribution is 0.0696. The van der Waals surface area contributed by atoms with Crippen LogP contribution in [-0.4, -0.2) is 26.8 Å². The molecule has 5 aromatic carbocycles. The molecule has 1 amide bonds. The molecule has 6 heteroatoms. The summed E-state index contributed by atoms with van der Waals surface area (Å²) in [6, 6.07) is 39.6.